The van der Waals surface area contributed by atoms with Crippen molar-refractivity contribution in [3.63, 3.8) is 0 Å². The number of carboxylic acids is 1. The lowest BCUT2D eigenvalue weighted by molar-refractivity contribution is -0.141. The third kappa shape index (κ3) is 3.55. The number of morpholine rings is 1. The molecule has 0 saturated carbocycles. The number of amides is 1. The van der Waals surface area contributed by atoms with Crippen molar-refractivity contribution in [3.05, 3.63) is 41.2 Å². The number of para-hydroxylation sites is 1. The maximum absolute atomic E-state index is 12.5. The summed E-state index contributed by atoms with van der Waals surface area (Å²) >= 11 is 6.11. The summed E-state index contributed by atoms with van der Waals surface area (Å²) in [7, 11) is 0. The average molecular weight is 351 g/mol. The van der Waals surface area contributed by atoms with Crippen molar-refractivity contribution in [2.24, 2.45) is 0 Å². The van der Waals surface area contributed by atoms with Crippen LogP contribution in [0.1, 0.15) is 16.9 Å². The van der Waals surface area contributed by atoms with Crippen LogP contribution in [0.5, 0.6) is 0 Å². The van der Waals surface area contributed by atoms with Crippen LogP contribution in [0.2, 0.25) is 5.02 Å². The van der Waals surface area contributed by atoms with Gasteiger partial charge in [-0.2, -0.15) is 0 Å². The summed E-state index contributed by atoms with van der Waals surface area (Å²) in [6, 6.07) is 7.09. The number of hydrogen-bond donors (Lipinski definition) is 1. The lowest BCUT2D eigenvalue weighted by atomic mass is 10.2. The van der Waals surface area contributed by atoms with Crippen LogP contribution >= 0.6 is 11.6 Å². The average Bonchev–Trinajstić information content (AvgIpc) is 3.04. The van der Waals surface area contributed by atoms with E-state index in [1.807, 2.05) is 6.07 Å². The van der Waals surface area contributed by atoms with E-state index in [9.17, 15) is 9.59 Å². The molecule has 1 aromatic heterocycles. The van der Waals surface area contributed by atoms with Crippen LogP contribution in [0.15, 0.2) is 30.5 Å². The van der Waals surface area contributed by atoms with Gasteiger partial charge >= 0.3 is 5.97 Å². The zero-order chi connectivity index (χ0) is 17.1. The molecule has 0 bridgehead atoms. The molecule has 2 aromatic rings. The molecule has 1 aromatic carbocycles. The van der Waals surface area contributed by atoms with Gasteiger partial charge in [0.1, 0.15) is 0 Å². The standard InChI is InChI=1S/C15H15ClN4O4/c16-11-3-1-2-4-13(11)20-9-12(17-18-20)15(23)19-5-6-24-10(8-19)7-14(21)22/h1-4,9-10H,5-8H2,(H,21,22). The molecule has 1 atom stereocenters. The third-order valence-corrected chi connectivity index (χ3v) is 3.96. The molecule has 1 unspecified atom stereocenters. The molecule has 0 spiro atoms. The molecule has 126 valence electrons. The summed E-state index contributed by atoms with van der Waals surface area (Å²) in [5.74, 6) is -1.27. The van der Waals surface area contributed by atoms with Crippen molar-refractivity contribution in [1.29, 1.82) is 0 Å². The quantitative estimate of drug-likeness (QED) is 0.890. The van der Waals surface area contributed by atoms with Gasteiger partial charge < -0.3 is 14.7 Å². The molecule has 1 fully saturated rings. The second-order valence-electron chi connectivity index (χ2n) is 5.34. The van der Waals surface area contributed by atoms with E-state index < -0.39 is 12.1 Å². The minimum atomic E-state index is -0.959. The zero-order valence-electron chi connectivity index (χ0n) is 12.6. The van der Waals surface area contributed by atoms with Crippen LogP contribution in [0.25, 0.3) is 5.69 Å². The number of carbonyl (C=O) groups is 2. The largest absolute Gasteiger partial charge is 0.481 e. The Labute approximate surface area is 142 Å². The highest BCUT2D eigenvalue weighted by Gasteiger charge is 2.28. The van der Waals surface area contributed by atoms with Crippen LogP contribution in [-0.4, -0.2) is 62.7 Å². The van der Waals surface area contributed by atoms with E-state index in [-0.39, 0.29) is 24.6 Å². The molecule has 2 heterocycles. The van der Waals surface area contributed by atoms with Gasteiger partial charge in [-0.3, -0.25) is 9.59 Å². The number of halogens is 1. The number of carbonyl (C=O) groups excluding carboxylic acids is 1. The van der Waals surface area contributed by atoms with Gasteiger partial charge in [-0.05, 0) is 12.1 Å². The topological polar surface area (TPSA) is 97.6 Å². The number of benzene rings is 1. The first-order valence-corrected chi connectivity index (χ1v) is 7.72. The Morgan fingerprint density at radius 3 is 2.92 bits per heavy atom. The summed E-state index contributed by atoms with van der Waals surface area (Å²) in [6.07, 6.45) is 0.847. The summed E-state index contributed by atoms with van der Waals surface area (Å²) in [5.41, 5.74) is 0.794. The summed E-state index contributed by atoms with van der Waals surface area (Å²) in [5, 5.41) is 17.2. The van der Waals surface area contributed by atoms with E-state index in [0.29, 0.717) is 23.9 Å². The Morgan fingerprint density at radius 1 is 1.38 bits per heavy atom. The van der Waals surface area contributed by atoms with Crippen molar-refractivity contribution in [3.8, 4) is 5.69 Å². The predicted molar refractivity (Wildman–Crippen MR) is 84.3 cm³/mol. The van der Waals surface area contributed by atoms with Crippen molar-refractivity contribution in [2.75, 3.05) is 19.7 Å². The number of rotatable bonds is 4. The summed E-state index contributed by atoms with van der Waals surface area (Å²) in [6.45, 7) is 0.889. The highest BCUT2D eigenvalue weighted by atomic mass is 35.5. The van der Waals surface area contributed by atoms with Gasteiger partial charge in [-0.15, -0.1) is 5.10 Å². The second kappa shape index (κ2) is 6.98. The molecule has 1 aliphatic heterocycles. The van der Waals surface area contributed by atoms with Crippen molar-refractivity contribution in [2.45, 2.75) is 12.5 Å². The fourth-order valence-electron chi connectivity index (χ4n) is 2.50. The predicted octanol–water partition coefficient (Wildman–Crippen LogP) is 1.24. The van der Waals surface area contributed by atoms with Gasteiger partial charge in [-0.1, -0.05) is 28.9 Å². The van der Waals surface area contributed by atoms with Gasteiger partial charge in [0.25, 0.3) is 5.91 Å². The smallest absolute Gasteiger partial charge is 0.306 e. The van der Waals surface area contributed by atoms with E-state index in [1.54, 1.807) is 18.2 Å². The minimum absolute atomic E-state index is 0.143. The van der Waals surface area contributed by atoms with Gasteiger partial charge in [-0.25, -0.2) is 4.68 Å². The molecule has 9 heteroatoms. The van der Waals surface area contributed by atoms with Crippen molar-refractivity contribution < 1.29 is 19.4 Å². The van der Waals surface area contributed by atoms with Crippen LogP contribution in [0.3, 0.4) is 0 Å². The SMILES string of the molecule is O=C(O)CC1CN(C(=O)c2cn(-c3ccccc3Cl)nn2)CCO1. The lowest BCUT2D eigenvalue weighted by Crippen LogP contribution is -2.46. The first-order valence-electron chi connectivity index (χ1n) is 7.34. The summed E-state index contributed by atoms with van der Waals surface area (Å²) in [4.78, 5) is 24.8. The van der Waals surface area contributed by atoms with Gasteiger partial charge in [0.2, 0.25) is 0 Å². The van der Waals surface area contributed by atoms with Gasteiger partial charge in [0.05, 0.1) is 36.0 Å². The number of nitrogens with zero attached hydrogens (tertiary/aromatic N) is 4. The van der Waals surface area contributed by atoms with Crippen LogP contribution in [0.4, 0.5) is 0 Å². The fraction of sp³-hybridized carbons (Fsp3) is 0.333. The fourth-order valence-corrected chi connectivity index (χ4v) is 2.72. The monoisotopic (exact) mass is 350 g/mol. The van der Waals surface area contributed by atoms with E-state index in [4.69, 9.17) is 21.4 Å². The first kappa shape index (κ1) is 16.4. The Kier molecular flexibility index (Phi) is 4.77. The molecule has 8 nitrogen and oxygen atoms in total. The number of aromatic nitrogens is 3. The van der Waals surface area contributed by atoms with Crippen molar-refractivity contribution in [1.82, 2.24) is 19.9 Å². The zero-order valence-corrected chi connectivity index (χ0v) is 13.4. The molecular formula is C15H15ClN4O4. The van der Waals surface area contributed by atoms with Gasteiger partial charge in [0, 0.05) is 13.1 Å². The molecule has 0 aliphatic carbocycles. The first-order chi connectivity index (χ1) is 11.5. The van der Waals surface area contributed by atoms with E-state index >= 15 is 0 Å². The van der Waals surface area contributed by atoms with Crippen LogP contribution in [0, 0.1) is 0 Å². The maximum atomic E-state index is 12.5. The Hall–Kier alpha value is -2.45. The Bertz CT molecular complexity index is 763. The summed E-state index contributed by atoms with van der Waals surface area (Å²) < 4.78 is 6.80. The molecule has 1 saturated heterocycles. The highest BCUT2D eigenvalue weighted by molar-refractivity contribution is 6.32. The molecular weight excluding hydrogens is 336 g/mol. The Balaban J connectivity index is 1.74. The van der Waals surface area contributed by atoms with E-state index in [1.165, 1.54) is 15.8 Å². The number of ether oxygens (including phenoxy) is 1. The minimum Gasteiger partial charge on any atom is -0.481 e. The number of aliphatic carboxylic acids is 1. The number of hydrogen-bond acceptors (Lipinski definition) is 5. The van der Waals surface area contributed by atoms with Crippen LogP contribution in [-0.2, 0) is 9.53 Å². The van der Waals surface area contributed by atoms with Crippen molar-refractivity contribution >= 4 is 23.5 Å². The van der Waals surface area contributed by atoms with E-state index in [2.05, 4.69) is 10.3 Å². The maximum Gasteiger partial charge on any atom is 0.306 e. The second-order valence-corrected chi connectivity index (χ2v) is 5.75. The number of carboxylic acid groups (broad SMARTS) is 1. The molecule has 1 amide bonds. The highest BCUT2D eigenvalue weighted by Crippen LogP contribution is 2.19. The molecule has 24 heavy (non-hydrogen) atoms. The van der Waals surface area contributed by atoms with Gasteiger partial charge in [0.15, 0.2) is 5.69 Å². The van der Waals surface area contributed by atoms with Crippen LogP contribution < -0.4 is 0 Å². The third-order valence-electron chi connectivity index (χ3n) is 3.64. The molecule has 0 radical (unpaired) electrons. The molecule has 3 rings (SSSR count). The molecule has 1 aliphatic rings. The molecule has 1 N–H and O–H groups in total. The van der Waals surface area contributed by atoms with E-state index in [0.717, 1.165) is 0 Å². The Morgan fingerprint density at radius 2 is 2.17 bits per heavy atom. The normalized spacial score (nSPS) is 17.7. The lowest BCUT2D eigenvalue weighted by Gasteiger charge is -2.31.